The molecule has 2 N–H and O–H groups in total. The topological polar surface area (TPSA) is 122 Å². The number of halogens is 2. The van der Waals surface area contributed by atoms with Crippen LogP contribution in [0.2, 0.25) is 0 Å². The average Bonchev–Trinajstić information content (AvgIpc) is 3.01. The minimum atomic E-state index is -3.21. The standard InChI is InChI=1S/C22H19BF2N2O7/c1-22(24,25)10-17(28)26-16-9-12-5-4-8-15(18(12)34-23(16)32)21(31)33-11-27-19(29)13-6-2-3-7-14(13)20(27)30/h2-8,16,32H,9-11H2,1H3,(H,26,28)/t16-/m0/s1. The lowest BCUT2D eigenvalue weighted by molar-refractivity contribution is -0.127. The number of carbonyl (C=O) groups is 4. The molecule has 2 aliphatic rings. The van der Waals surface area contributed by atoms with Crippen LogP contribution in [0.15, 0.2) is 42.5 Å². The first-order valence-corrected chi connectivity index (χ1v) is 10.3. The molecule has 0 saturated carbocycles. The van der Waals surface area contributed by atoms with Crippen molar-refractivity contribution in [2.24, 2.45) is 0 Å². The number of nitrogens with zero attached hydrogens (tertiary/aromatic N) is 1. The number of esters is 1. The number of alkyl halides is 2. The van der Waals surface area contributed by atoms with Gasteiger partial charge >= 0.3 is 13.1 Å². The highest BCUT2D eigenvalue weighted by Crippen LogP contribution is 2.31. The molecule has 0 spiro atoms. The Morgan fingerprint density at radius 2 is 1.82 bits per heavy atom. The Labute approximate surface area is 192 Å². The summed E-state index contributed by atoms with van der Waals surface area (Å²) in [5.74, 6) is -7.27. The zero-order valence-electron chi connectivity index (χ0n) is 17.9. The van der Waals surface area contributed by atoms with Gasteiger partial charge < -0.3 is 19.7 Å². The molecule has 0 aliphatic carbocycles. The lowest BCUT2D eigenvalue weighted by Gasteiger charge is -2.29. The van der Waals surface area contributed by atoms with Gasteiger partial charge in [0.25, 0.3) is 17.7 Å². The van der Waals surface area contributed by atoms with E-state index in [1.807, 2.05) is 0 Å². The van der Waals surface area contributed by atoms with Crippen LogP contribution < -0.4 is 9.97 Å². The fourth-order valence-electron chi connectivity index (χ4n) is 3.81. The summed E-state index contributed by atoms with van der Waals surface area (Å²) < 4.78 is 36.7. The number of carbonyl (C=O) groups excluding carboxylic acids is 4. The van der Waals surface area contributed by atoms with Crippen LogP contribution >= 0.6 is 0 Å². The number of fused-ring (bicyclic) bond motifs is 2. The first kappa shape index (κ1) is 23.4. The molecule has 0 unspecified atom stereocenters. The minimum Gasteiger partial charge on any atom is -0.534 e. The molecule has 9 nitrogen and oxygen atoms in total. The lowest BCUT2D eigenvalue weighted by Crippen LogP contribution is -2.53. The fraction of sp³-hybridized carbons (Fsp3) is 0.273. The Morgan fingerprint density at radius 1 is 1.18 bits per heavy atom. The van der Waals surface area contributed by atoms with Crippen LogP contribution in [0, 0.1) is 0 Å². The molecule has 2 aliphatic heterocycles. The second-order valence-corrected chi connectivity index (χ2v) is 8.07. The number of imide groups is 1. The summed E-state index contributed by atoms with van der Waals surface area (Å²) in [7, 11) is -1.60. The van der Waals surface area contributed by atoms with Crippen molar-refractivity contribution in [1.82, 2.24) is 10.2 Å². The molecule has 3 amide bonds. The Morgan fingerprint density at radius 3 is 2.44 bits per heavy atom. The molecular formula is C22H19BF2N2O7. The van der Waals surface area contributed by atoms with E-state index in [-0.39, 0.29) is 28.9 Å². The van der Waals surface area contributed by atoms with Crippen LogP contribution in [-0.2, 0) is 16.0 Å². The van der Waals surface area contributed by atoms with E-state index in [9.17, 15) is 33.0 Å². The summed E-state index contributed by atoms with van der Waals surface area (Å²) in [6.07, 6.45) is -1.04. The summed E-state index contributed by atoms with van der Waals surface area (Å²) in [6, 6.07) is 10.7. The third kappa shape index (κ3) is 4.62. The Kier molecular flexibility index (Phi) is 6.09. The van der Waals surface area contributed by atoms with Crippen molar-refractivity contribution in [3.05, 3.63) is 64.7 Å². The van der Waals surface area contributed by atoms with Gasteiger partial charge in [-0.25, -0.2) is 18.5 Å². The molecule has 0 aromatic heterocycles. The maximum Gasteiger partial charge on any atom is 0.547 e. The fourth-order valence-corrected chi connectivity index (χ4v) is 3.81. The van der Waals surface area contributed by atoms with E-state index in [2.05, 4.69) is 5.32 Å². The van der Waals surface area contributed by atoms with E-state index in [4.69, 9.17) is 9.39 Å². The van der Waals surface area contributed by atoms with E-state index in [1.54, 1.807) is 18.2 Å². The summed E-state index contributed by atoms with van der Waals surface area (Å²) in [4.78, 5) is 50.1. The van der Waals surface area contributed by atoms with Crippen LogP contribution in [-0.4, -0.2) is 59.3 Å². The highest BCUT2D eigenvalue weighted by atomic mass is 19.3. The maximum atomic E-state index is 13.1. The number of benzene rings is 2. The number of rotatable bonds is 6. The SMILES string of the molecule is CC(F)(F)CC(=O)N[C@H]1Cc2cccc(C(=O)OCN3C(=O)c4ccccc4C3=O)c2OB1O. The Balaban J connectivity index is 1.44. The third-order valence-corrected chi connectivity index (χ3v) is 5.36. The normalized spacial score (nSPS) is 17.1. The number of para-hydroxylation sites is 1. The molecule has 2 aromatic carbocycles. The monoisotopic (exact) mass is 472 g/mol. The van der Waals surface area contributed by atoms with Gasteiger partial charge in [0.2, 0.25) is 5.91 Å². The molecule has 2 aromatic rings. The van der Waals surface area contributed by atoms with E-state index in [0.717, 1.165) is 4.90 Å². The zero-order chi connectivity index (χ0) is 24.6. The molecule has 176 valence electrons. The molecule has 12 heteroatoms. The van der Waals surface area contributed by atoms with Crippen molar-refractivity contribution in [3.8, 4) is 5.75 Å². The van der Waals surface area contributed by atoms with Gasteiger partial charge in [0, 0.05) is 0 Å². The van der Waals surface area contributed by atoms with Gasteiger partial charge in [-0.05, 0) is 37.1 Å². The van der Waals surface area contributed by atoms with Crippen molar-refractivity contribution in [3.63, 3.8) is 0 Å². The molecular weight excluding hydrogens is 453 g/mol. The molecule has 0 radical (unpaired) electrons. The number of nitrogens with one attached hydrogen (secondary N) is 1. The van der Waals surface area contributed by atoms with Gasteiger partial charge in [-0.15, -0.1) is 0 Å². The number of ether oxygens (including phenoxy) is 1. The van der Waals surface area contributed by atoms with E-state index < -0.39 is 55.8 Å². The van der Waals surface area contributed by atoms with Crippen LogP contribution in [0.1, 0.15) is 50.0 Å². The summed E-state index contributed by atoms with van der Waals surface area (Å²) >= 11 is 0. The minimum absolute atomic E-state index is 0.00585. The Hall–Kier alpha value is -3.80. The molecule has 2 heterocycles. The first-order valence-electron chi connectivity index (χ1n) is 10.3. The van der Waals surface area contributed by atoms with Crippen LogP contribution in [0.5, 0.6) is 5.75 Å². The van der Waals surface area contributed by atoms with Gasteiger partial charge in [-0.2, -0.15) is 0 Å². The smallest absolute Gasteiger partial charge is 0.534 e. The first-order chi connectivity index (χ1) is 16.0. The maximum absolute atomic E-state index is 13.1. The number of amides is 3. The number of hydrogen-bond acceptors (Lipinski definition) is 7. The van der Waals surface area contributed by atoms with Gasteiger partial charge in [-0.1, -0.05) is 24.3 Å². The predicted octanol–water partition coefficient (Wildman–Crippen LogP) is 1.58. The van der Waals surface area contributed by atoms with Crippen LogP contribution in [0.3, 0.4) is 0 Å². The van der Waals surface area contributed by atoms with Gasteiger partial charge in [0.15, 0.2) is 6.73 Å². The highest BCUT2D eigenvalue weighted by molar-refractivity contribution is 6.47. The molecule has 0 bridgehead atoms. The van der Waals surface area contributed by atoms with Crippen LogP contribution in [0.25, 0.3) is 0 Å². The van der Waals surface area contributed by atoms with Crippen LogP contribution in [0.4, 0.5) is 8.78 Å². The van der Waals surface area contributed by atoms with E-state index in [1.165, 1.54) is 24.3 Å². The van der Waals surface area contributed by atoms with E-state index in [0.29, 0.717) is 12.5 Å². The number of hydrogen-bond donors (Lipinski definition) is 2. The molecule has 1 atom stereocenters. The lowest BCUT2D eigenvalue weighted by atomic mass is 9.72. The molecule has 0 saturated heterocycles. The zero-order valence-corrected chi connectivity index (χ0v) is 17.9. The second-order valence-electron chi connectivity index (χ2n) is 8.07. The van der Waals surface area contributed by atoms with Gasteiger partial charge in [0.05, 0.1) is 23.5 Å². The van der Waals surface area contributed by atoms with Crippen molar-refractivity contribution in [2.45, 2.75) is 31.6 Å². The largest absolute Gasteiger partial charge is 0.547 e. The summed E-state index contributed by atoms with van der Waals surface area (Å²) in [6.45, 7) is -0.0170. The summed E-state index contributed by atoms with van der Waals surface area (Å²) in [5.41, 5.74) is 0.772. The second kappa shape index (κ2) is 8.86. The predicted molar refractivity (Wildman–Crippen MR) is 113 cm³/mol. The van der Waals surface area contributed by atoms with Crippen molar-refractivity contribution < 1.29 is 42.4 Å². The average molecular weight is 472 g/mol. The quantitative estimate of drug-likeness (QED) is 0.372. The highest BCUT2D eigenvalue weighted by Gasteiger charge is 2.40. The van der Waals surface area contributed by atoms with Gasteiger partial charge in [-0.3, -0.25) is 14.4 Å². The van der Waals surface area contributed by atoms with Crippen molar-refractivity contribution in [1.29, 1.82) is 0 Å². The Bertz CT molecular complexity index is 1150. The molecule has 4 rings (SSSR count). The van der Waals surface area contributed by atoms with Crippen molar-refractivity contribution in [2.75, 3.05) is 6.73 Å². The molecule has 0 fully saturated rings. The van der Waals surface area contributed by atoms with Crippen molar-refractivity contribution >= 4 is 30.8 Å². The van der Waals surface area contributed by atoms with E-state index >= 15 is 0 Å². The third-order valence-electron chi connectivity index (χ3n) is 5.36. The summed E-state index contributed by atoms with van der Waals surface area (Å²) in [5, 5.41) is 12.6. The van der Waals surface area contributed by atoms with Gasteiger partial charge in [0.1, 0.15) is 11.3 Å². The molecule has 34 heavy (non-hydrogen) atoms.